The molecule has 2 nitrogen and oxygen atoms in total. The summed E-state index contributed by atoms with van der Waals surface area (Å²) in [5.74, 6) is 0.804. The van der Waals surface area contributed by atoms with Gasteiger partial charge in [-0.3, -0.25) is 0 Å². The number of nitrogens with one attached hydrogen (secondary N) is 1. The standard InChI is InChI=1S/C11H24N2/c1-9(2)7-13-6-5-11(8-13)12-10(3)4/h9-12H,5-8H2,1-4H3/t11-/m0/s1. The first-order valence-corrected chi connectivity index (χ1v) is 5.56. The second-order valence-corrected chi connectivity index (χ2v) is 4.96. The molecule has 0 aromatic rings. The van der Waals surface area contributed by atoms with Gasteiger partial charge < -0.3 is 10.2 Å². The van der Waals surface area contributed by atoms with E-state index < -0.39 is 0 Å². The molecule has 0 bridgehead atoms. The number of rotatable bonds is 4. The summed E-state index contributed by atoms with van der Waals surface area (Å²) in [6.07, 6.45) is 1.32. The van der Waals surface area contributed by atoms with E-state index in [2.05, 4.69) is 37.9 Å². The molecular weight excluding hydrogens is 160 g/mol. The number of nitrogens with zero attached hydrogens (tertiary/aromatic N) is 1. The molecule has 78 valence electrons. The normalized spacial score (nSPS) is 24.9. The van der Waals surface area contributed by atoms with E-state index in [1.807, 2.05) is 0 Å². The Morgan fingerprint density at radius 2 is 2.00 bits per heavy atom. The molecule has 0 saturated carbocycles. The van der Waals surface area contributed by atoms with Crippen molar-refractivity contribution in [1.29, 1.82) is 0 Å². The molecule has 1 aliphatic rings. The second-order valence-electron chi connectivity index (χ2n) is 4.96. The average Bonchev–Trinajstić information content (AvgIpc) is 2.33. The highest BCUT2D eigenvalue weighted by Gasteiger charge is 2.22. The van der Waals surface area contributed by atoms with Gasteiger partial charge in [0.2, 0.25) is 0 Å². The topological polar surface area (TPSA) is 15.3 Å². The van der Waals surface area contributed by atoms with Crippen LogP contribution in [0.1, 0.15) is 34.1 Å². The van der Waals surface area contributed by atoms with E-state index in [1.54, 1.807) is 0 Å². The summed E-state index contributed by atoms with van der Waals surface area (Å²) in [5, 5.41) is 3.60. The molecule has 1 saturated heterocycles. The van der Waals surface area contributed by atoms with Crippen molar-refractivity contribution in [2.45, 2.75) is 46.2 Å². The molecule has 13 heavy (non-hydrogen) atoms. The fourth-order valence-electron chi connectivity index (χ4n) is 2.12. The molecule has 0 aromatic heterocycles. The smallest absolute Gasteiger partial charge is 0.0209 e. The van der Waals surface area contributed by atoms with E-state index in [-0.39, 0.29) is 0 Å². The highest BCUT2D eigenvalue weighted by Crippen LogP contribution is 2.11. The van der Waals surface area contributed by atoms with Gasteiger partial charge >= 0.3 is 0 Å². The van der Waals surface area contributed by atoms with E-state index in [4.69, 9.17) is 0 Å². The third kappa shape index (κ3) is 4.10. The van der Waals surface area contributed by atoms with Gasteiger partial charge in [-0.15, -0.1) is 0 Å². The van der Waals surface area contributed by atoms with Crippen LogP contribution in [0.4, 0.5) is 0 Å². The van der Waals surface area contributed by atoms with Crippen molar-refractivity contribution >= 4 is 0 Å². The van der Waals surface area contributed by atoms with E-state index in [9.17, 15) is 0 Å². The zero-order valence-corrected chi connectivity index (χ0v) is 9.51. The molecule has 1 atom stereocenters. The van der Waals surface area contributed by atoms with Crippen LogP contribution in [-0.2, 0) is 0 Å². The minimum atomic E-state index is 0.629. The summed E-state index contributed by atoms with van der Waals surface area (Å²) >= 11 is 0. The van der Waals surface area contributed by atoms with Crippen molar-refractivity contribution in [2.24, 2.45) is 5.92 Å². The van der Waals surface area contributed by atoms with Gasteiger partial charge in [0.1, 0.15) is 0 Å². The number of likely N-dealkylation sites (tertiary alicyclic amines) is 1. The van der Waals surface area contributed by atoms with Crippen molar-refractivity contribution in [3.8, 4) is 0 Å². The molecule has 1 aliphatic heterocycles. The van der Waals surface area contributed by atoms with Crippen molar-refractivity contribution in [3.63, 3.8) is 0 Å². The molecule has 1 heterocycles. The summed E-state index contributed by atoms with van der Waals surface area (Å²) in [6.45, 7) is 12.8. The summed E-state index contributed by atoms with van der Waals surface area (Å²) in [7, 11) is 0. The number of hydrogen-bond acceptors (Lipinski definition) is 2. The van der Waals surface area contributed by atoms with Crippen LogP contribution in [-0.4, -0.2) is 36.6 Å². The van der Waals surface area contributed by atoms with Crippen molar-refractivity contribution in [1.82, 2.24) is 10.2 Å². The maximum atomic E-state index is 3.60. The zero-order chi connectivity index (χ0) is 9.84. The fraction of sp³-hybridized carbons (Fsp3) is 1.00. The van der Waals surface area contributed by atoms with Crippen LogP contribution in [0.5, 0.6) is 0 Å². The monoisotopic (exact) mass is 184 g/mol. The molecule has 0 aromatic carbocycles. The fourth-order valence-corrected chi connectivity index (χ4v) is 2.12. The van der Waals surface area contributed by atoms with Gasteiger partial charge in [-0.2, -0.15) is 0 Å². The van der Waals surface area contributed by atoms with E-state index in [0.29, 0.717) is 6.04 Å². The first kappa shape index (κ1) is 11.0. The summed E-state index contributed by atoms with van der Waals surface area (Å²) in [6, 6.07) is 1.36. The van der Waals surface area contributed by atoms with Crippen LogP contribution in [0.3, 0.4) is 0 Å². The van der Waals surface area contributed by atoms with E-state index >= 15 is 0 Å². The van der Waals surface area contributed by atoms with Crippen molar-refractivity contribution in [3.05, 3.63) is 0 Å². The maximum Gasteiger partial charge on any atom is 0.0209 e. The Balaban J connectivity index is 2.20. The molecule has 2 heteroatoms. The molecule has 0 unspecified atom stereocenters. The van der Waals surface area contributed by atoms with Crippen molar-refractivity contribution < 1.29 is 0 Å². The average molecular weight is 184 g/mol. The molecular formula is C11H24N2. The molecule has 1 rings (SSSR count). The van der Waals surface area contributed by atoms with Gasteiger partial charge in [-0.1, -0.05) is 27.7 Å². The minimum Gasteiger partial charge on any atom is -0.310 e. The van der Waals surface area contributed by atoms with Gasteiger partial charge in [0.05, 0.1) is 0 Å². The number of hydrogen-bond donors (Lipinski definition) is 1. The Morgan fingerprint density at radius 3 is 2.54 bits per heavy atom. The van der Waals surface area contributed by atoms with Crippen LogP contribution in [0.15, 0.2) is 0 Å². The lowest BCUT2D eigenvalue weighted by atomic mass is 10.2. The second kappa shape index (κ2) is 4.97. The lowest BCUT2D eigenvalue weighted by Gasteiger charge is -2.19. The summed E-state index contributed by atoms with van der Waals surface area (Å²) < 4.78 is 0. The van der Waals surface area contributed by atoms with Crippen LogP contribution >= 0.6 is 0 Å². The molecule has 0 spiro atoms. The van der Waals surface area contributed by atoms with E-state index in [0.717, 1.165) is 12.0 Å². The van der Waals surface area contributed by atoms with Crippen LogP contribution in [0.2, 0.25) is 0 Å². The third-order valence-electron chi connectivity index (χ3n) is 2.46. The lowest BCUT2D eigenvalue weighted by Crippen LogP contribution is -2.37. The quantitative estimate of drug-likeness (QED) is 0.715. The van der Waals surface area contributed by atoms with Crippen LogP contribution in [0.25, 0.3) is 0 Å². The molecule has 0 radical (unpaired) electrons. The van der Waals surface area contributed by atoms with Gasteiger partial charge in [0, 0.05) is 25.2 Å². The summed E-state index contributed by atoms with van der Waals surface area (Å²) in [4.78, 5) is 2.57. The van der Waals surface area contributed by atoms with Crippen LogP contribution < -0.4 is 5.32 Å². The summed E-state index contributed by atoms with van der Waals surface area (Å²) in [5.41, 5.74) is 0. The molecule has 0 amide bonds. The predicted octanol–water partition coefficient (Wildman–Crippen LogP) is 1.71. The first-order valence-electron chi connectivity index (χ1n) is 5.56. The zero-order valence-electron chi connectivity index (χ0n) is 9.51. The highest BCUT2D eigenvalue weighted by molar-refractivity contribution is 4.82. The SMILES string of the molecule is CC(C)CN1CC[C@H](NC(C)C)C1. The molecule has 1 fully saturated rings. The van der Waals surface area contributed by atoms with E-state index in [1.165, 1.54) is 26.1 Å². The third-order valence-corrected chi connectivity index (χ3v) is 2.46. The lowest BCUT2D eigenvalue weighted by molar-refractivity contribution is 0.288. The Hall–Kier alpha value is -0.0800. The Bertz CT molecular complexity index is 127. The van der Waals surface area contributed by atoms with Gasteiger partial charge in [-0.05, 0) is 18.9 Å². The van der Waals surface area contributed by atoms with Crippen molar-refractivity contribution in [2.75, 3.05) is 19.6 Å². The highest BCUT2D eigenvalue weighted by atomic mass is 15.2. The predicted molar refractivity (Wildman–Crippen MR) is 58.0 cm³/mol. The first-order chi connectivity index (χ1) is 6.08. The minimum absolute atomic E-state index is 0.629. The Morgan fingerprint density at radius 1 is 1.31 bits per heavy atom. The van der Waals surface area contributed by atoms with Gasteiger partial charge in [0.25, 0.3) is 0 Å². The maximum absolute atomic E-state index is 3.60. The molecule has 0 aliphatic carbocycles. The largest absolute Gasteiger partial charge is 0.310 e. The molecule has 1 N–H and O–H groups in total. The Kier molecular flexibility index (Phi) is 4.20. The van der Waals surface area contributed by atoms with Gasteiger partial charge in [0.15, 0.2) is 0 Å². The Labute approximate surface area is 82.7 Å². The van der Waals surface area contributed by atoms with Gasteiger partial charge in [-0.25, -0.2) is 0 Å². The van der Waals surface area contributed by atoms with Crippen LogP contribution in [0, 0.1) is 5.92 Å².